The lowest BCUT2D eigenvalue weighted by Crippen LogP contribution is -2.30. The van der Waals surface area contributed by atoms with Crippen LogP contribution in [-0.4, -0.2) is 46.4 Å². The molecule has 0 aliphatic rings. The van der Waals surface area contributed by atoms with Gasteiger partial charge in [0.1, 0.15) is 6.04 Å². The van der Waals surface area contributed by atoms with Crippen LogP contribution in [0.3, 0.4) is 0 Å². The van der Waals surface area contributed by atoms with E-state index in [2.05, 4.69) is 0 Å². The molecule has 0 aliphatic carbocycles. The smallest absolute Gasteiger partial charge is 0.320 e. The molecule has 78 valence electrons. The van der Waals surface area contributed by atoms with Gasteiger partial charge in [0.05, 0.1) is 6.10 Å². The quantitative estimate of drug-likeness (QED) is 0.393. The Morgan fingerprint density at radius 3 is 2.62 bits per heavy atom. The average molecular weight is 208 g/mol. The van der Waals surface area contributed by atoms with Gasteiger partial charge < -0.3 is 21.7 Å². The molecule has 2 atom stereocenters. The maximum Gasteiger partial charge on any atom is 0.320 e. The van der Waals surface area contributed by atoms with E-state index in [4.69, 9.17) is 21.7 Å². The summed E-state index contributed by atoms with van der Waals surface area (Å²) in [5, 5.41) is 17.5. The van der Waals surface area contributed by atoms with E-state index in [1.807, 2.05) is 0 Å². The van der Waals surface area contributed by atoms with Crippen LogP contribution in [0.2, 0.25) is 0 Å². The van der Waals surface area contributed by atoms with Crippen molar-refractivity contribution in [1.29, 1.82) is 0 Å². The molecule has 0 aromatic rings. The van der Waals surface area contributed by atoms with Crippen LogP contribution in [0.15, 0.2) is 0 Å². The number of aliphatic carboxylic acids is 1. The third-order valence-corrected chi connectivity index (χ3v) is 2.62. The first-order valence-corrected chi connectivity index (χ1v) is 5.17. The van der Waals surface area contributed by atoms with Crippen LogP contribution >= 0.6 is 11.8 Å². The molecule has 0 aromatic heterocycles. The minimum atomic E-state index is -0.986. The van der Waals surface area contributed by atoms with Crippen molar-refractivity contribution in [2.45, 2.75) is 18.6 Å². The molecule has 0 aliphatic heterocycles. The summed E-state index contributed by atoms with van der Waals surface area (Å²) in [7, 11) is 0. The van der Waals surface area contributed by atoms with Gasteiger partial charge in [-0.2, -0.15) is 11.8 Å². The molecular formula is C7H16N2O3S. The van der Waals surface area contributed by atoms with Gasteiger partial charge in [-0.05, 0) is 12.2 Å². The molecule has 0 saturated carbocycles. The van der Waals surface area contributed by atoms with Crippen molar-refractivity contribution in [3.8, 4) is 0 Å². The lowest BCUT2D eigenvalue weighted by Gasteiger charge is -2.08. The highest BCUT2D eigenvalue weighted by Gasteiger charge is 2.10. The monoisotopic (exact) mass is 208 g/mol. The Balaban J connectivity index is 3.30. The lowest BCUT2D eigenvalue weighted by atomic mass is 10.2. The first kappa shape index (κ1) is 12.7. The van der Waals surface area contributed by atoms with E-state index in [1.165, 1.54) is 11.8 Å². The standard InChI is InChI=1S/C7H16N2O3S/c8-3-5(10)4-13-2-1-6(9)7(11)12/h5-6,10H,1-4,8-9H2,(H,11,12). The van der Waals surface area contributed by atoms with Crippen LogP contribution in [0.1, 0.15) is 6.42 Å². The molecular weight excluding hydrogens is 192 g/mol. The zero-order valence-corrected chi connectivity index (χ0v) is 8.17. The van der Waals surface area contributed by atoms with Gasteiger partial charge in [-0.3, -0.25) is 4.79 Å². The van der Waals surface area contributed by atoms with E-state index in [0.29, 0.717) is 17.9 Å². The fourth-order valence-electron chi connectivity index (χ4n) is 0.621. The van der Waals surface area contributed by atoms with Gasteiger partial charge in [0.15, 0.2) is 0 Å². The average Bonchev–Trinajstić information content (AvgIpc) is 2.11. The first-order valence-electron chi connectivity index (χ1n) is 4.02. The summed E-state index contributed by atoms with van der Waals surface area (Å²) in [4.78, 5) is 10.3. The van der Waals surface area contributed by atoms with Crippen LogP contribution < -0.4 is 11.5 Å². The molecule has 0 amide bonds. The van der Waals surface area contributed by atoms with Crippen molar-refractivity contribution in [3.05, 3.63) is 0 Å². The summed E-state index contributed by atoms with van der Waals surface area (Å²) in [6, 6.07) is -0.803. The second kappa shape index (κ2) is 7.14. The van der Waals surface area contributed by atoms with E-state index in [0.717, 1.165) is 0 Å². The largest absolute Gasteiger partial charge is 0.480 e. The maximum atomic E-state index is 10.3. The SMILES string of the molecule is NCC(O)CSCCC(N)C(=O)O. The number of nitrogens with two attached hydrogens (primary N) is 2. The fraction of sp³-hybridized carbons (Fsp3) is 0.857. The van der Waals surface area contributed by atoms with Crippen molar-refractivity contribution >= 4 is 17.7 Å². The highest BCUT2D eigenvalue weighted by molar-refractivity contribution is 7.99. The van der Waals surface area contributed by atoms with Gasteiger partial charge in [0.2, 0.25) is 0 Å². The second-order valence-corrected chi connectivity index (χ2v) is 3.85. The summed E-state index contributed by atoms with van der Waals surface area (Å²) < 4.78 is 0. The van der Waals surface area contributed by atoms with Gasteiger partial charge in [-0.15, -0.1) is 0 Å². The van der Waals surface area contributed by atoms with E-state index in [9.17, 15) is 4.79 Å². The maximum absolute atomic E-state index is 10.3. The van der Waals surface area contributed by atoms with Crippen molar-refractivity contribution in [1.82, 2.24) is 0 Å². The molecule has 0 rings (SSSR count). The van der Waals surface area contributed by atoms with Gasteiger partial charge in [0.25, 0.3) is 0 Å². The fourth-order valence-corrected chi connectivity index (χ4v) is 1.62. The van der Waals surface area contributed by atoms with E-state index < -0.39 is 18.1 Å². The molecule has 0 saturated heterocycles. The van der Waals surface area contributed by atoms with Crippen molar-refractivity contribution < 1.29 is 15.0 Å². The minimum Gasteiger partial charge on any atom is -0.480 e. The van der Waals surface area contributed by atoms with Gasteiger partial charge in [-0.1, -0.05) is 0 Å². The molecule has 0 radical (unpaired) electrons. The van der Waals surface area contributed by atoms with Crippen molar-refractivity contribution in [3.63, 3.8) is 0 Å². The van der Waals surface area contributed by atoms with E-state index in [-0.39, 0.29) is 6.54 Å². The molecule has 0 fully saturated rings. The van der Waals surface area contributed by atoms with Gasteiger partial charge >= 0.3 is 5.97 Å². The summed E-state index contributed by atoms with van der Waals surface area (Å²) in [6.45, 7) is 0.234. The Kier molecular flexibility index (Phi) is 6.97. The van der Waals surface area contributed by atoms with E-state index in [1.54, 1.807) is 0 Å². The van der Waals surface area contributed by atoms with Crippen molar-refractivity contribution in [2.24, 2.45) is 11.5 Å². The van der Waals surface area contributed by atoms with Gasteiger partial charge in [0, 0.05) is 12.3 Å². The number of carboxylic acids is 1. The van der Waals surface area contributed by atoms with Crippen LogP contribution in [0.4, 0.5) is 0 Å². The number of hydrogen-bond donors (Lipinski definition) is 4. The third-order valence-electron chi connectivity index (χ3n) is 1.47. The minimum absolute atomic E-state index is 0.234. The van der Waals surface area contributed by atoms with Crippen LogP contribution in [0.5, 0.6) is 0 Å². The number of hydrogen-bond acceptors (Lipinski definition) is 5. The van der Waals surface area contributed by atoms with Gasteiger partial charge in [-0.25, -0.2) is 0 Å². The predicted octanol–water partition coefficient (Wildman–Crippen LogP) is -1.16. The Morgan fingerprint density at radius 1 is 1.54 bits per heavy atom. The van der Waals surface area contributed by atoms with Crippen LogP contribution in [0, 0.1) is 0 Å². The molecule has 0 spiro atoms. The third kappa shape index (κ3) is 6.83. The normalized spacial score (nSPS) is 15.3. The summed E-state index contributed by atoms with van der Waals surface area (Å²) >= 11 is 1.46. The topological polar surface area (TPSA) is 110 Å². The molecule has 0 heterocycles. The zero-order valence-electron chi connectivity index (χ0n) is 7.35. The second-order valence-electron chi connectivity index (χ2n) is 2.70. The molecule has 6 N–H and O–H groups in total. The highest BCUT2D eigenvalue weighted by atomic mass is 32.2. The molecule has 0 bridgehead atoms. The zero-order chi connectivity index (χ0) is 10.3. The number of thioether (sulfide) groups is 1. The number of rotatable bonds is 7. The highest BCUT2D eigenvalue weighted by Crippen LogP contribution is 2.05. The number of carbonyl (C=O) groups is 1. The first-order chi connectivity index (χ1) is 6.07. The summed E-state index contributed by atoms with van der Waals surface area (Å²) in [5.74, 6) is 0.174. The number of aliphatic hydroxyl groups excluding tert-OH is 1. The summed E-state index contributed by atoms with van der Waals surface area (Å²) in [5.41, 5.74) is 10.4. The molecule has 0 aromatic carbocycles. The molecule has 13 heavy (non-hydrogen) atoms. The summed E-state index contributed by atoms with van der Waals surface area (Å²) in [6.07, 6.45) is -0.0943. The number of aliphatic hydroxyl groups is 1. The molecule has 5 nitrogen and oxygen atoms in total. The molecule has 2 unspecified atom stereocenters. The van der Waals surface area contributed by atoms with Crippen molar-refractivity contribution in [2.75, 3.05) is 18.1 Å². The van der Waals surface area contributed by atoms with E-state index >= 15 is 0 Å². The Hall–Kier alpha value is -0.300. The van der Waals surface area contributed by atoms with Crippen LogP contribution in [0.25, 0.3) is 0 Å². The Bertz CT molecular complexity index is 157. The Labute approximate surface area is 81.5 Å². The van der Waals surface area contributed by atoms with Crippen LogP contribution in [-0.2, 0) is 4.79 Å². The Morgan fingerprint density at radius 2 is 2.15 bits per heavy atom. The molecule has 6 heteroatoms. The number of carboxylic acid groups (broad SMARTS) is 1. The lowest BCUT2D eigenvalue weighted by molar-refractivity contribution is -0.138. The predicted molar refractivity (Wildman–Crippen MR) is 52.6 cm³/mol.